The Hall–Kier alpha value is -3.69. The number of carbonyl (C=O) groups is 5. The number of hydrogen-bond acceptors (Lipinski definition) is 8. The molecular weight excluding hydrogens is 524 g/mol. The van der Waals surface area contributed by atoms with Crippen LogP contribution in [-0.2, 0) is 32.1 Å². The maximum Gasteiger partial charge on any atom is 0.235 e. The van der Waals surface area contributed by atoms with E-state index in [9.17, 15) is 34.2 Å². The van der Waals surface area contributed by atoms with Crippen LogP contribution in [0.1, 0.15) is 67.1 Å². The minimum atomic E-state index is -2.71. The Balaban J connectivity index is 1.68. The Morgan fingerprint density at radius 2 is 1.68 bits per heavy atom. The van der Waals surface area contributed by atoms with E-state index >= 15 is 0 Å². The average molecular weight is 561 g/mol. The zero-order valence-electron chi connectivity index (χ0n) is 23.6. The third kappa shape index (κ3) is 4.08. The van der Waals surface area contributed by atoms with Crippen LogP contribution < -0.4 is 11.5 Å². The van der Waals surface area contributed by atoms with E-state index in [4.69, 9.17) is 11.5 Å². The van der Waals surface area contributed by atoms with Gasteiger partial charge in [0.1, 0.15) is 5.75 Å². The van der Waals surface area contributed by atoms with Gasteiger partial charge in [-0.2, -0.15) is 0 Å². The van der Waals surface area contributed by atoms with Crippen molar-refractivity contribution >= 4 is 29.0 Å². The van der Waals surface area contributed by atoms with E-state index in [1.165, 1.54) is 0 Å². The third-order valence-electron chi connectivity index (χ3n) is 9.50. The van der Waals surface area contributed by atoms with Crippen molar-refractivity contribution in [2.75, 3.05) is 0 Å². The second-order valence-electron chi connectivity index (χ2n) is 12.4. The summed E-state index contributed by atoms with van der Waals surface area (Å²) in [6.07, 6.45) is 0.241. The fourth-order valence-corrected chi connectivity index (χ4v) is 7.44. The first kappa shape index (κ1) is 28.8. The van der Waals surface area contributed by atoms with Crippen LogP contribution >= 0.6 is 0 Å². The van der Waals surface area contributed by atoms with Gasteiger partial charge in [-0.1, -0.05) is 52.0 Å². The highest BCUT2D eigenvalue weighted by molar-refractivity contribution is 6.32. The molecule has 0 aromatic heterocycles. The summed E-state index contributed by atoms with van der Waals surface area (Å²) in [5.41, 5.74) is 12.1. The van der Waals surface area contributed by atoms with Gasteiger partial charge < -0.3 is 21.7 Å². The van der Waals surface area contributed by atoms with Gasteiger partial charge in [0.15, 0.2) is 34.7 Å². The van der Waals surface area contributed by atoms with Gasteiger partial charge in [0.05, 0.1) is 11.5 Å². The van der Waals surface area contributed by atoms with Crippen LogP contribution in [0, 0.1) is 35.5 Å². The van der Waals surface area contributed by atoms with Crippen molar-refractivity contribution in [1.29, 1.82) is 0 Å². The molecular formula is C32H36N2O7. The molecule has 3 aliphatic carbocycles. The number of aromatic hydroxyl groups is 1. The zero-order valence-corrected chi connectivity index (χ0v) is 23.6. The second-order valence-corrected chi connectivity index (χ2v) is 12.4. The number of fused-ring (bicyclic) bond motifs is 3. The van der Waals surface area contributed by atoms with Gasteiger partial charge in [-0.25, -0.2) is 0 Å². The molecule has 0 saturated heterocycles. The van der Waals surface area contributed by atoms with Gasteiger partial charge >= 0.3 is 0 Å². The minimum Gasteiger partial charge on any atom is -0.507 e. The van der Waals surface area contributed by atoms with Crippen LogP contribution in [0.2, 0.25) is 0 Å². The molecule has 41 heavy (non-hydrogen) atoms. The Kier molecular flexibility index (Phi) is 7.02. The molecule has 1 amide bonds. The molecule has 2 fully saturated rings. The largest absolute Gasteiger partial charge is 0.507 e. The number of amides is 1. The van der Waals surface area contributed by atoms with Gasteiger partial charge in [-0.3, -0.25) is 24.0 Å². The second kappa shape index (κ2) is 9.99. The van der Waals surface area contributed by atoms with Gasteiger partial charge in [0.2, 0.25) is 5.91 Å². The number of aliphatic hydroxyl groups is 1. The van der Waals surface area contributed by atoms with Crippen molar-refractivity contribution in [2.24, 2.45) is 47.0 Å². The fourth-order valence-electron chi connectivity index (χ4n) is 7.44. The van der Waals surface area contributed by atoms with Gasteiger partial charge in [0, 0.05) is 23.9 Å². The molecule has 0 spiro atoms. The lowest BCUT2D eigenvalue weighted by Gasteiger charge is -2.52. The molecule has 2 unspecified atom stereocenters. The van der Waals surface area contributed by atoms with E-state index in [0.29, 0.717) is 22.6 Å². The predicted octanol–water partition coefficient (Wildman–Crippen LogP) is 2.46. The molecule has 216 valence electrons. The predicted molar refractivity (Wildman–Crippen MR) is 150 cm³/mol. The lowest BCUT2D eigenvalue weighted by molar-refractivity contribution is -0.182. The molecule has 0 heterocycles. The lowest BCUT2D eigenvalue weighted by Crippen LogP contribution is -2.71. The number of phenols is 1. The molecule has 2 aromatic carbocycles. The van der Waals surface area contributed by atoms with E-state index in [1.807, 2.05) is 24.3 Å². The quantitative estimate of drug-likeness (QED) is 0.403. The summed E-state index contributed by atoms with van der Waals surface area (Å²) in [5.74, 6) is -11.5. The van der Waals surface area contributed by atoms with Gasteiger partial charge in [-0.15, -0.1) is 0 Å². The van der Waals surface area contributed by atoms with Crippen LogP contribution in [0.4, 0.5) is 0 Å². The Morgan fingerprint density at radius 3 is 2.22 bits per heavy atom. The molecule has 9 heteroatoms. The summed E-state index contributed by atoms with van der Waals surface area (Å²) in [6, 6.07) is 9.65. The minimum absolute atomic E-state index is 0.0367. The van der Waals surface area contributed by atoms with Crippen LogP contribution in [0.3, 0.4) is 0 Å². The maximum absolute atomic E-state index is 14.1. The molecule has 6 atom stereocenters. The number of phenolic OH excluding ortho intramolecular Hbond substituents is 1. The van der Waals surface area contributed by atoms with E-state index < -0.39 is 70.1 Å². The number of nitrogens with two attached hydrogens (primary N) is 2. The van der Waals surface area contributed by atoms with Gasteiger partial charge in [-0.05, 0) is 58.9 Å². The number of Topliss-reactive ketones (excluding diaryl/α,β-unsaturated/α-hetero) is 4. The van der Waals surface area contributed by atoms with E-state index in [0.717, 1.165) is 11.1 Å². The molecule has 0 bridgehead atoms. The normalized spacial score (nSPS) is 29.4. The van der Waals surface area contributed by atoms with E-state index in [1.54, 1.807) is 19.9 Å². The monoisotopic (exact) mass is 560 g/mol. The van der Waals surface area contributed by atoms with Crippen molar-refractivity contribution in [3.63, 3.8) is 0 Å². The molecule has 6 N–H and O–H groups in total. The number of ketones is 4. The molecule has 9 nitrogen and oxygen atoms in total. The SMILES string of the molecule is CC(C)c1ccc(-c2cc(CN)c(O)c3c2C[C@H]2C[C@H]4[C@H](C(C)C)C(=O)C(C(N)=O)C(=O)[C@@]4(O)C(=O)C2C3=O)cc1. The Labute approximate surface area is 238 Å². The first-order valence-corrected chi connectivity index (χ1v) is 14.1. The van der Waals surface area contributed by atoms with Crippen LogP contribution in [-0.4, -0.2) is 44.9 Å². The number of rotatable bonds is 5. The van der Waals surface area contributed by atoms with Crippen molar-refractivity contribution in [3.8, 4) is 16.9 Å². The molecule has 2 aromatic rings. The zero-order chi connectivity index (χ0) is 30.1. The van der Waals surface area contributed by atoms with Crippen molar-refractivity contribution in [1.82, 2.24) is 0 Å². The fraction of sp³-hybridized carbons (Fsp3) is 0.469. The number of primary amides is 1. The summed E-state index contributed by atoms with van der Waals surface area (Å²) in [7, 11) is 0. The Morgan fingerprint density at radius 1 is 1.05 bits per heavy atom. The Bertz CT molecular complexity index is 1490. The highest BCUT2D eigenvalue weighted by Gasteiger charge is 2.69. The average Bonchev–Trinajstić information content (AvgIpc) is 2.90. The summed E-state index contributed by atoms with van der Waals surface area (Å²) in [6.45, 7) is 7.55. The molecule has 0 radical (unpaired) electrons. The van der Waals surface area contributed by atoms with E-state index in [-0.39, 0.29) is 30.7 Å². The molecule has 3 aliphatic rings. The molecule has 0 aliphatic heterocycles. The van der Waals surface area contributed by atoms with E-state index in [2.05, 4.69) is 13.8 Å². The summed E-state index contributed by atoms with van der Waals surface area (Å²) in [4.78, 5) is 67.1. The highest BCUT2D eigenvalue weighted by atomic mass is 16.3. The van der Waals surface area contributed by atoms with Crippen molar-refractivity contribution in [3.05, 3.63) is 52.6 Å². The topological polar surface area (TPSA) is 178 Å². The number of carbonyl (C=O) groups excluding carboxylic acids is 5. The van der Waals surface area contributed by atoms with Crippen molar-refractivity contribution < 1.29 is 34.2 Å². The number of hydrogen-bond donors (Lipinski definition) is 4. The molecule has 2 saturated carbocycles. The third-order valence-corrected chi connectivity index (χ3v) is 9.50. The lowest BCUT2D eigenvalue weighted by atomic mass is 9.49. The molecule has 5 rings (SSSR count). The summed E-state index contributed by atoms with van der Waals surface area (Å²) < 4.78 is 0. The van der Waals surface area contributed by atoms with Gasteiger partial charge in [0.25, 0.3) is 0 Å². The van der Waals surface area contributed by atoms with Crippen molar-refractivity contribution in [2.45, 2.75) is 58.6 Å². The first-order valence-electron chi connectivity index (χ1n) is 14.1. The van der Waals surface area contributed by atoms with Crippen LogP contribution in [0.15, 0.2) is 30.3 Å². The first-order chi connectivity index (χ1) is 19.2. The highest BCUT2D eigenvalue weighted by Crippen LogP contribution is 2.54. The standard InChI is InChI=1S/C32H36N2O7/c1-13(2)15-5-7-16(8-6-15)19-10-18(12-33)26(35)24-20(19)9-17-11-21-22(14(3)4)27(36)25(31(34)40)30(39)32(21,41)29(38)23(17)28(24)37/h5-8,10,13-14,17,21-23,25,35,41H,9,11-12,33H2,1-4H3,(H2,34,40)/t17-,21-,22-,23?,25?,32-/m0/s1. The number of benzene rings is 2. The smallest absolute Gasteiger partial charge is 0.235 e. The maximum atomic E-state index is 14.1. The van der Waals surface area contributed by atoms with Crippen LogP contribution in [0.25, 0.3) is 11.1 Å². The summed E-state index contributed by atoms with van der Waals surface area (Å²) >= 11 is 0. The summed E-state index contributed by atoms with van der Waals surface area (Å²) in [5, 5.41) is 22.9. The van der Waals surface area contributed by atoms with Crippen LogP contribution in [0.5, 0.6) is 5.75 Å².